The van der Waals surface area contributed by atoms with E-state index in [9.17, 15) is 9.90 Å². The van der Waals surface area contributed by atoms with E-state index < -0.39 is 5.97 Å². The monoisotopic (exact) mass is 331 g/mol. The lowest BCUT2D eigenvalue weighted by Crippen LogP contribution is -2.05. The number of carboxylic acids is 1. The van der Waals surface area contributed by atoms with E-state index >= 15 is 0 Å². The predicted octanol–water partition coefficient (Wildman–Crippen LogP) is 4.07. The maximum atomic E-state index is 11.2. The highest BCUT2D eigenvalue weighted by molar-refractivity contribution is 6.30. The molecule has 0 bridgehead atoms. The Morgan fingerprint density at radius 3 is 2.78 bits per heavy atom. The van der Waals surface area contributed by atoms with Gasteiger partial charge in [0.2, 0.25) is 0 Å². The van der Waals surface area contributed by atoms with E-state index in [0.29, 0.717) is 10.9 Å². The molecule has 5 heteroatoms. The highest BCUT2D eigenvalue weighted by atomic mass is 35.5. The van der Waals surface area contributed by atoms with Gasteiger partial charge in [0.1, 0.15) is 0 Å². The maximum Gasteiger partial charge on any atom is 0.337 e. The van der Waals surface area contributed by atoms with Crippen LogP contribution in [0.2, 0.25) is 5.02 Å². The molecule has 0 spiro atoms. The minimum atomic E-state index is -0.969. The zero-order chi connectivity index (χ0) is 16.2. The van der Waals surface area contributed by atoms with Crippen LogP contribution in [0.4, 0.5) is 0 Å². The molecule has 23 heavy (non-hydrogen) atoms. The number of nitrogens with zero attached hydrogens (tertiary/aromatic N) is 1. The third kappa shape index (κ3) is 3.89. The third-order valence-corrected chi connectivity index (χ3v) is 4.44. The second-order valence-corrected chi connectivity index (χ2v) is 6.24. The van der Waals surface area contributed by atoms with Crippen molar-refractivity contribution in [3.63, 3.8) is 0 Å². The van der Waals surface area contributed by atoms with Crippen LogP contribution in [-0.2, 0) is 11.2 Å². The molecule has 1 N–H and O–H groups in total. The highest BCUT2D eigenvalue weighted by Gasteiger charge is 2.18. The fraction of sp³-hybridized carbons (Fsp3) is 0.333. The van der Waals surface area contributed by atoms with Crippen LogP contribution >= 0.6 is 11.6 Å². The Labute approximate surface area is 140 Å². The molecule has 3 rings (SSSR count). The van der Waals surface area contributed by atoms with Gasteiger partial charge >= 0.3 is 5.97 Å². The summed E-state index contributed by atoms with van der Waals surface area (Å²) >= 11 is 5.94. The van der Waals surface area contributed by atoms with Gasteiger partial charge in [-0.3, -0.25) is 4.98 Å². The Kier molecular flexibility index (Phi) is 4.94. The van der Waals surface area contributed by atoms with Crippen LogP contribution in [0.25, 0.3) is 11.1 Å². The number of pyridine rings is 1. The molecule has 0 saturated carbocycles. The molecule has 2 heterocycles. The first-order valence-electron chi connectivity index (χ1n) is 7.69. The summed E-state index contributed by atoms with van der Waals surface area (Å²) < 4.78 is 5.41. The topological polar surface area (TPSA) is 59.4 Å². The molecule has 1 aromatic carbocycles. The first kappa shape index (κ1) is 16.0. The minimum absolute atomic E-state index is 0.197. The summed E-state index contributed by atoms with van der Waals surface area (Å²) in [4.78, 5) is 15.6. The summed E-state index contributed by atoms with van der Waals surface area (Å²) in [5.41, 5.74) is 2.91. The van der Waals surface area contributed by atoms with Crippen LogP contribution < -0.4 is 0 Å². The van der Waals surface area contributed by atoms with Gasteiger partial charge in [-0.25, -0.2) is 4.79 Å². The number of rotatable bonds is 5. The molecule has 120 valence electrons. The van der Waals surface area contributed by atoms with Crippen LogP contribution in [0.15, 0.2) is 36.5 Å². The standard InChI is InChI=1S/C18H18ClNO3/c19-15-4-2-13(3-5-15)16-9-14(18(21)22)10-20-17(16)6-1-12-7-8-23-11-12/h2-5,9-10,12H,1,6-8,11H2,(H,21,22)/t12-/m1/s1. The Morgan fingerprint density at radius 1 is 1.35 bits per heavy atom. The number of hydrogen-bond donors (Lipinski definition) is 1. The van der Waals surface area contributed by atoms with Crippen molar-refractivity contribution in [3.8, 4) is 11.1 Å². The van der Waals surface area contributed by atoms with E-state index in [1.54, 1.807) is 18.2 Å². The number of aromatic carboxylic acids is 1. The SMILES string of the molecule is O=C(O)c1cnc(CC[C@@H]2CCOC2)c(-c2ccc(Cl)cc2)c1. The van der Waals surface area contributed by atoms with Crippen LogP contribution in [-0.4, -0.2) is 29.3 Å². The normalized spacial score (nSPS) is 17.3. The fourth-order valence-corrected chi connectivity index (χ4v) is 2.97. The van der Waals surface area contributed by atoms with Gasteiger partial charge in [-0.05, 0) is 48.9 Å². The lowest BCUT2D eigenvalue weighted by Gasteiger charge is -2.12. The van der Waals surface area contributed by atoms with Crippen molar-refractivity contribution in [2.45, 2.75) is 19.3 Å². The van der Waals surface area contributed by atoms with Crippen molar-refractivity contribution in [2.75, 3.05) is 13.2 Å². The van der Waals surface area contributed by atoms with Gasteiger partial charge < -0.3 is 9.84 Å². The Hall–Kier alpha value is -1.91. The lowest BCUT2D eigenvalue weighted by molar-refractivity contribution is 0.0696. The molecule has 1 aromatic heterocycles. The molecule has 1 atom stereocenters. The van der Waals surface area contributed by atoms with Crippen molar-refractivity contribution in [2.24, 2.45) is 5.92 Å². The maximum absolute atomic E-state index is 11.2. The number of aromatic nitrogens is 1. The van der Waals surface area contributed by atoms with Crippen molar-refractivity contribution in [1.29, 1.82) is 0 Å². The Bertz CT molecular complexity index is 694. The van der Waals surface area contributed by atoms with Crippen LogP contribution in [0.5, 0.6) is 0 Å². The van der Waals surface area contributed by atoms with Crippen molar-refractivity contribution < 1.29 is 14.6 Å². The van der Waals surface area contributed by atoms with E-state index in [2.05, 4.69) is 4.98 Å². The zero-order valence-electron chi connectivity index (χ0n) is 12.7. The van der Waals surface area contributed by atoms with E-state index in [1.165, 1.54) is 6.20 Å². The molecule has 1 aliphatic rings. The first-order chi connectivity index (χ1) is 11.1. The summed E-state index contributed by atoms with van der Waals surface area (Å²) in [7, 11) is 0. The lowest BCUT2D eigenvalue weighted by atomic mass is 9.95. The smallest absolute Gasteiger partial charge is 0.337 e. The number of ether oxygens (including phenoxy) is 1. The van der Waals surface area contributed by atoms with E-state index in [-0.39, 0.29) is 5.56 Å². The van der Waals surface area contributed by atoms with Gasteiger partial charge in [0.25, 0.3) is 0 Å². The van der Waals surface area contributed by atoms with E-state index in [1.807, 2.05) is 12.1 Å². The third-order valence-electron chi connectivity index (χ3n) is 4.19. The molecular formula is C18H18ClNO3. The van der Waals surface area contributed by atoms with Crippen molar-refractivity contribution in [3.05, 3.63) is 52.8 Å². The summed E-state index contributed by atoms with van der Waals surface area (Å²) in [5.74, 6) is -0.405. The Balaban J connectivity index is 1.90. The van der Waals surface area contributed by atoms with Gasteiger partial charge in [-0.2, -0.15) is 0 Å². The molecule has 0 amide bonds. The van der Waals surface area contributed by atoms with Crippen molar-refractivity contribution >= 4 is 17.6 Å². The first-order valence-corrected chi connectivity index (χ1v) is 8.07. The van der Waals surface area contributed by atoms with Crippen LogP contribution in [0.1, 0.15) is 28.9 Å². The number of benzene rings is 1. The molecular weight excluding hydrogens is 314 g/mol. The van der Waals surface area contributed by atoms with E-state index in [0.717, 1.165) is 49.3 Å². The largest absolute Gasteiger partial charge is 0.478 e. The molecule has 0 aliphatic carbocycles. The predicted molar refractivity (Wildman–Crippen MR) is 88.9 cm³/mol. The second kappa shape index (κ2) is 7.11. The quantitative estimate of drug-likeness (QED) is 0.897. The van der Waals surface area contributed by atoms with Gasteiger partial charge in [-0.1, -0.05) is 23.7 Å². The molecule has 0 unspecified atom stereocenters. The van der Waals surface area contributed by atoms with Gasteiger partial charge in [0.05, 0.1) is 5.56 Å². The zero-order valence-corrected chi connectivity index (χ0v) is 13.4. The van der Waals surface area contributed by atoms with Gasteiger partial charge in [0.15, 0.2) is 0 Å². The number of carboxylic acid groups (broad SMARTS) is 1. The van der Waals surface area contributed by atoms with Crippen LogP contribution in [0.3, 0.4) is 0 Å². The average Bonchev–Trinajstić information content (AvgIpc) is 3.07. The summed E-state index contributed by atoms with van der Waals surface area (Å²) in [5, 5.41) is 9.87. The molecule has 4 nitrogen and oxygen atoms in total. The molecule has 2 aromatic rings. The number of carbonyl (C=O) groups is 1. The number of aryl methyl sites for hydroxylation is 1. The average molecular weight is 332 g/mol. The second-order valence-electron chi connectivity index (χ2n) is 5.80. The summed E-state index contributed by atoms with van der Waals surface area (Å²) in [6.07, 6.45) is 4.33. The van der Waals surface area contributed by atoms with Crippen molar-refractivity contribution in [1.82, 2.24) is 4.98 Å². The fourth-order valence-electron chi connectivity index (χ4n) is 2.84. The number of hydrogen-bond acceptors (Lipinski definition) is 3. The molecule has 1 fully saturated rings. The van der Waals surface area contributed by atoms with E-state index in [4.69, 9.17) is 16.3 Å². The molecule has 0 radical (unpaired) electrons. The van der Waals surface area contributed by atoms with Gasteiger partial charge in [-0.15, -0.1) is 0 Å². The molecule has 1 aliphatic heterocycles. The molecule has 1 saturated heterocycles. The Morgan fingerprint density at radius 2 is 2.13 bits per heavy atom. The van der Waals surface area contributed by atoms with Crippen LogP contribution in [0, 0.1) is 5.92 Å². The van der Waals surface area contributed by atoms with Gasteiger partial charge in [0, 0.05) is 35.7 Å². The summed E-state index contributed by atoms with van der Waals surface area (Å²) in [6, 6.07) is 9.09. The summed E-state index contributed by atoms with van der Waals surface area (Å²) in [6.45, 7) is 1.64. The highest BCUT2D eigenvalue weighted by Crippen LogP contribution is 2.28. The minimum Gasteiger partial charge on any atom is -0.478 e. The number of halogens is 1.